The van der Waals surface area contributed by atoms with Crippen LogP contribution in [0.4, 0.5) is 0 Å². The summed E-state index contributed by atoms with van der Waals surface area (Å²) in [5, 5.41) is 0.759. The normalized spacial score (nSPS) is 19.6. The summed E-state index contributed by atoms with van der Waals surface area (Å²) in [6.45, 7) is 0. The van der Waals surface area contributed by atoms with Gasteiger partial charge < -0.3 is 5.73 Å². The average Bonchev–Trinajstić information content (AvgIpc) is 2.05. The summed E-state index contributed by atoms with van der Waals surface area (Å²) in [4.78, 5) is 0. The van der Waals surface area contributed by atoms with Crippen molar-refractivity contribution in [2.24, 2.45) is 5.73 Å². The number of rotatable bonds is 1. The van der Waals surface area contributed by atoms with Gasteiger partial charge in [-0.15, -0.1) is 0 Å². The Balaban J connectivity index is 2.43. The van der Waals surface area contributed by atoms with Crippen LogP contribution in [0.5, 0.6) is 0 Å². The van der Waals surface area contributed by atoms with Crippen LogP contribution in [0.2, 0.25) is 5.02 Å². The SMILES string of the molecule is NC1(c2cc(Cl)ccc2Br)CCC1. The molecule has 0 aromatic heterocycles. The first kappa shape index (κ1) is 9.50. The van der Waals surface area contributed by atoms with Crippen molar-refractivity contribution >= 4 is 27.5 Å². The van der Waals surface area contributed by atoms with Crippen molar-refractivity contribution in [1.29, 1.82) is 0 Å². The van der Waals surface area contributed by atoms with Crippen molar-refractivity contribution in [2.45, 2.75) is 24.8 Å². The Kier molecular flexibility index (Phi) is 2.39. The largest absolute Gasteiger partial charge is 0.321 e. The van der Waals surface area contributed by atoms with Gasteiger partial charge in [-0.25, -0.2) is 0 Å². The molecule has 0 radical (unpaired) electrons. The average molecular weight is 261 g/mol. The van der Waals surface area contributed by atoms with Gasteiger partial charge in [0.15, 0.2) is 0 Å². The first-order valence-corrected chi connectivity index (χ1v) is 5.53. The van der Waals surface area contributed by atoms with Gasteiger partial charge in [-0.3, -0.25) is 0 Å². The third kappa shape index (κ3) is 1.63. The molecule has 1 aromatic rings. The zero-order valence-electron chi connectivity index (χ0n) is 7.19. The molecule has 1 fully saturated rings. The van der Waals surface area contributed by atoms with E-state index in [2.05, 4.69) is 15.9 Å². The first-order valence-electron chi connectivity index (χ1n) is 4.36. The molecule has 1 aromatic carbocycles. The fourth-order valence-corrected chi connectivity index (χ4v) is 2.52. The topological polar surface area (TPSA) is 26.0 Å². The Bertz CT molecular complexity index is 334. The molecule has 0 heterocycles. The monoisotopic (exact) mass is 259 g/mol. The van der Waals surface area contributed by atoms with E-state index in [1.54, 1.807) is 0 Å². The summed E-state index contributed by atoms with van der Waals surface area (Å²) in [6, 6.07) is 5.80. The van der Waals surface area contributed by atoms with E-state index in [4.69, 9.17) is 17.3 Å². The van der Waals surface area contributed by atoms with E-state index in [1.807, 2.05) is 18.2 Å². The molecule has 3 heteroatoms. The molecule has 0 atom stereocenters. The van der Waals surface area contributed by atoms with Gasteiger partial charge in [0.2, 0.25) is 0 Å². The molecule has 0 unspecified atom stereocenters. The molecule has 0 spiro atoms. The van der Waals surface area contributed by atoms with Crippen LogP contribution in [-0.2, 0) is 5.54 Å². The van der Waals surface area contributed by atoms with Gasteiger partial charge in [-0.05, 0) is 43.0 Å². The van der Waals surface area contributed by atoms with Crippen molar-refractivity contribution in [3.8, 4) is 0 Å². The quantitative estimate of drug-likeness (QED) is 0.822. The fourth-order valence-electron chi connectivity index (χ4n) is 1.71. The number of hydrogen-bond acceptors (Lipinski definition) is 1. The fraction of sp³-hybridized carbons (Fsp3) is 0.400. The Hall–Kier alpha value is -0.0500. The zero-order valence-corrected chi connectivity index (χ0v) is 9.53. The molecule has 1 saturated carbocycles. The lowest BCUT2D eigenvalue weighted by molar-refractivity contribution is 0.252. The second-order valence-electron chi connectivity index (χ2n) is 3.63. The second-order valence-corrected chi connectivity index (χ2v) is 4.92. The highest BCUT2D eigenvalue weighted by atomic mass is 79.9. The van der Waals surface area contributed by atoms with Crippen LogP contribution >= 0.6 is 27.5 Å². The van der Waals surface area contributed by atoms with Crippen molar-refractivity contribution < 1.29 is 0 Å². The highest BCUT2D eigenvalue weighted by Gasteiger charge is 2.35. The van der Waals surface area contributed by atoms with Crippen LogP contribution < -0.4 is 5.73 Å². The van der Waals surface area contributed by atoms with Crippen LogP contribution in [0, 0.1) is 0 Å². The number of halogens is 2. The summed E-state index contributed by atoms with van der Waals surface area (Å²) < 4.78 is 1.07. The van der Waals surface area contributed by atoms with Crippen molar-refractivity contribution in [3.05, 3.63) is 33.3 Å². The standard InChI is InChI=1S/C10H11BrClN/c11-9-3-2-7(12)6-8(9)10(13)4-1-5-10/h2-3,6H,1,4-5,13H2. The first-order chi connectivity index (χ1) is 6.12. The van der Waals surface area contributed by atoms with Gasteiger partial charge in [0.05, 0.1) is 0 Å². The van der Waals surface area contributed by atoms with E-state index < -0.39 is 0 Å². The van der Waals surface area contributed by atoms with Crippen molar-refractivity contribution in [2.75, 3.05) is 0 Å². The molecule has 1 aliphatic carbocycles. The molecule has 0 aliphatic heterocycles. The molecular formula is C10H11BrClN. The Morgan fingerprint density at radius 2 is 2.08 bits per heavy atom. The van der Waals surface area contributed by atoms with Crippen LogP contribution in [-0.4, -0.2) is 0 Å². The van der Waals surface area contributed by atoms with Gasteiger partial charge in [0, 0.05) is 15.0 Å². The Morgan fingerprint density at radius 1 is 1.38 bits per heavy atom. The van der Waals surface area contributed by atoms with E-state index in [1.165, 1.54) is 6.42 Å². The Morgan fingerprint density at radius 3 is 2.62 bits per heavy atom. The van der Waals surface area contributed by atoms with Crippen LogP contribution in [0.25, 0.3) is 0 Å². The summed E-state index contributed by atoms with van der Waals surface area (Å²) in [6.07, 6.45) is 3.34. The van der Waals surface area contributed by atoms with Gasteiger partial charge >= 0.3 is 0 Å². The van der Waals surface area contributed by atoms with Crippen molar-refractivity contribution in [1.82, 2.24) is 0 Å². The number of hydrogen-bond donors (Lipinski definition) is 1. The molecule has 2 N–H and O–H groups in total. The predicted molar refractivity (Wildman–Crippen MR) is 58.9 cm³/mol. The lowest BCUT2D eigenvalue weighted by Crippen LogP contribution is -2.43. The molecular weight excluding hydrogens is 249 g/mol. The molecule has 1 nitrogen and oxygen atoms in total. The van der Waals surface area contributed by atoms with Crippen molar-refractivity contribution in [3.63, 3.8) is 0 Å². The maximum absolute atomic E-state index is 6.21. The van der Waals surface area contributed by atoms with E-state index in [9.17, 15) is 0 Å². The minimum atomic E-state index is -0.135. The highest BCUT2D eigenvalue weighted by Crippen LogP contribution is 2.42. The third-order valence-electron chi connectivity index (χ3n) is 2.71. The Labute approximate surface area is 91.4 Å². The highest BCUT2D eigenvalue weighted by molar-refractivity contribution is 9.10. The van der Waals surface area contributed by atoms with Gasteiger partial charge in [-0.2, -0.15) is 0 Å². The molecule has 13 heavy (non-hydrogen) atoms. The molecule has 0 saturated heterocycles. The number of nitrogens with two attached hydrogens (primary N) is 1. The van der Waals surface area contributed by atoms with Gasteiger partial charge in [-0.1, -0.05) is 27.5 Å². The summed E-state index contributed by atoms with van der Waals surface area (Å²) in [7, 11) is 0. The lowest BCUT2D eigenvalue weighted by Gasteiger charge is -2.39. The third-order valence-corrected chi connectivity index (χ3v) is 3.64. The van der Waals surface area contributed by atoms with E-state index in [0.29, 0.717) is 0 Å². The van der Waals surface area contributed by atoms with Gasteiger partial charge in [0.1, 0.15) is 0 Å². The molecule has 2 rings (SSSR count). The minimum absolute atomic E-state index is 0.135. The molecule has 0 bridgehead atoms. The van der Waals surface area contributed by atoms with E-state index >= 15 is 0 Å². The molecule has 0 amide bonds. The second kappa shape index (κ2) is 3.26. The van der Waals surface area contributed by atoms with E-state index in [0.717, 1.165) is 27.9 Å². The van der Waals surface area contributed by atoms with Gasteiger partial charge in [0.25, 0.3) is 0 Å². The zero-order chi connectivity index (χ0) is 9.47. The predicted octanol–water partition coefficient (Wildman–Crippen LogP) is 3.44. The summed E-state index contributed by atoms with van der Waals surface area (Å²) in [5.41, 5.74) is 7.21. The smallest absolute Gasteiger partial charge is 0.0421 e. The molecule has 70 valence electrons. The summed E-state index contributed by atoms with van der Waals surface area (Å²) >= 11 is 9.43. The maximum Gasteiger partial charge on any atom is 0.0421 e. The maximum atomic E-state index is 6.21. The lowest BCUT2D eigenvalue weighted by atomic mass is 9.73. The van der Waals surface area contributed by atoms with Crippen LogP contribution in [0.1, 0.15) is 24.8 Å². The summed E-state index contributed by atoms with van der Waals surface area (Å²) in [5.74, 6) is 0. The minimum Gasteiger partial charge on any atom is -0.321 e. The van der Waals surface area contributed by atoms with Crippen LogP contribution in [0.15, 0.2) is 22.7 Å². The van der Waals surface area contributed by atoms with Crippen LogP contribution in [0.3, 0.4) is 0 Å². The molecule has 1 aliphatic rings. The number of benzene rings is 1. The van der Waals surface area contributed by atoms with E-state index in [-0.39, 0.29) is 5.54 Å².